The van der Waals surface area contributed by atoms with Crippen molar-refractivity contribution in [1.29, 1.82) is 0 Å². The van der Waals surface area contributed by atoms with Crippen LogP contribution >= 0.6 is 12.3 Å². The Morgan fingerprint density at radius 1 is 1.24 bits per heavy atom. The standard InChI is InChI=1S/C18H18O5S.Na/c1-18-9-8-14-13-5-3-12(21-24-23-22-20)10-11(13)2-4-15(14)16(18)6-7-17(18)19;/h2-5,10,16,20H,6-9H2,1H3;/q;+1/p-1/t16?,18-;/m0./s1. The third-order valence-electron chi connectivity index (χ3n) is 5.66. The predicted molar refractivity (Wildman–Crippen MR) is 87.7 cm³/mol. The second-order valence-corrected chi connectivity index (χ2v) is 7.17. The van der Waals surface area contributed by atoms with Crippen LogP contribution in [0.3, 0.4) is 0 Å². The van der Waals surface area contributed by atoms with Crippen LogP contribution in [0.4, 0.5) is 0 Å². The fraction of sp³-hybridized carbons (Fsp3) is 0.389. The molecule has 0 bridgehead atoms. The van der Waals surface area contributed by atoms with Gasteiger partial charge in [-0.25, -0.2) is 0 Å². The SMILES string of the molecule is C[C@]12CCc3c(ccc4cc(OSOO[O-])ccc34)C1CCC2=O.[Na+]. The summed E-state index contributed by atoms with van der Waals surface area (Å²) in [4.78, 5) is 12.3. The summed E-state index contributed by atoms with van der Waals surface area (Å²) in [5.74, 6) is 1.34. The zero-order valence-corrected chi connectivity index (χ0v) is 17.1. The molecule has 0 amide bonds. The van der Waals surface area contributed by atoms with Crippen molar-refractivity contribution < 1.29 is 53.2 Å². The maximum Gasteiger partial charge on any atom is 1.00 e. The molecule has 0 heterocycles. The molecular formula is C18H17NaO5S. The number of rotatable bonds is 4. The quantitative estimate of drug-likeness (QED) is 0.256. The van der Waals surface area contributed by atoms with Crippen LogP contribution in [-0.2, 0) is 20.6 Å². The molecule has 1 saturated carbocycles. The third-order valence-corrected chi connectivity index (χ3v) is 6.03. The number of aryl methyl sites for hydroxylation is 1. The zero-order valence-electron chi connectivity index (χ0n) is 14.2. The summed E-state index contributed by atoms with van der Waals surface area (Å²) < 4.78 is 9.34. The smallest absolute Gasteiger partial charge is 0.691 e. The molecular weight excluding hydrogens is 351 g/mol. The van der Waals surface area contributed by atoms with Crippen LogP contribution in [0.25, 0.3) is 10.8 Å². The minimum absolute atomic E-state index is 0. The van der Waals surface area contributed by atoms with E-state index in [4.69, 9.17) is 4.18 Å². The molecule has 0 radical (unpaired) electrons. The Bertz CT molecular complexity index is 811. The molecule has 25 heavy (non-hydrogen) atoms. The first-order valence-electron chi connectivity index (χ1n) is 8.02. The molecule has 2 aliphatic rings. The van der Waals surface area contributed by atoms with Crippen molar-refractivity contribution in [3.05, 3.63) is 41.5 Å². The number of benzene rings is 2. The van der Waals surface area contributed by atoms with E-state index in [-0.39, 0.29) is 35.0 Å². The van der Waals surface area contributed by atoms with Crippen molar-refractivity contribution in [2.45, 2.75) is 38.5 Å². The first-order chi connectivity index (χ1) is 11.6. The van der Waals surface area contributed by atoms with E-state index in [2.05, 4.69) is 28.4 Å². The second kappa shape index (κ2) is 7.56. The topological polar surface area (TPSA) is 67.8 Å². The molecule has 0 aliphatic heterocycles. The molecule has 2 aromatic rings. The van der Waals surface area contributed by atoms with Gasteiger partial charge in [-0.3, -0.25) is 9.83 Å². The maximum absolute atomic E-state index is 12.3. The summed E-state index contributed by atoms with van der Waals surface area (Å²) in [6.45, 7) is 2.13. The molecule has 1 unspecified atom stereocenters. The number of hydrogen-bond acceptors (Lipinski definition) is 6. The summed E-state index contributed by atoms with van der Waals surface area (Å²) >= 11 is 0.484. The molecule has 126 valence electrons. The van der Waals surface area contributed by atoms with Crippen LogP contribution in [0.1, 0.15) is 43.2 Å². The molecule has 0 spiro atoms. The van der Waals surface area contributed by atoms with Crippen LogP contribution in [0.2, 0.25) is 0 Å². The van der Waals surface area contributed by atoms with E-state index in [0.717, 1.165) is 24.6 Å². The van der Waals surface area contributed by atoms with Gasteiger partial charge in [0.2, 0.25) is 0 Å². The van der Waals surface area contributed by atoms with Crippen LogP contribution in [0.15, 0.2) is 30.3 Å². The van der Waals surface area contributed by atoms with E-state index in [9.17, 15) is 10.1 Å². The molecule has 5 nitrogen and oxygen atoms in total. The number of Topliss-reactive ketones (excluding diaryl/α,β-unsaturated/α-hetero) is 1. The Hall–Kier alpha value is -0.600. The van der Waals surface area contributed by atoms with Gasteiger partial charge in [0, 0.05) is 11.8 Å². The van der Waals surface area contributed by atoms with Crippen LogP contribution in [0.5, 0.6) is 5.75 Å². The van der Waals surface area contributed by atoms with Gasteiger partial charge in [-0.2, -0.15) is 0 Å². The fourth-order valence-electron chi connectivity index (χ4n) is 4.38. The van der Waals surface area contributed by atoms with Gasteiger partial charge in [-0.05, 0) is 59.2 Å². The number of fused-ring (bicyclic) bond motifs is 5. The summed E-state index contributed by atoms with van der Waals surface area (Å²) in [5, 5.41) is 15.3. The molecule has 0 saturated heterocycles. The van der Waals surface area contributed by atoms with Gasteiger partial charge in [0.25, 0.3) is 12.3 Å². The molecule has 2 atom stereocenters. The first-order valence-corrected chi connectivity index (χ1v) is 8.69. The van der Waals surface area contributed by atoms with Crippen molar-refractivity contribution in [3.63, 3.8) is 0 Å². The van der Waals surface area contributed by atoms with E-state index >= 15 is 0 Å². The molecule has 4 rings (SSSR count). The van der Waals surface area contributed by atoms with Crippen molar-refractivity contribution >= 4 is 28.9 Å². The minimum Gasteiger partial charge on any atom is -0.691 e. The summed E-state index contributed by atoms with van der Waals surface area (Å²) in [6, 6.07) is 10.0. The Kier molecular flexibility index (Phi) is 5.80. The molecule has 7 heteroatoms. The first kappa shape index (κ1) is 19.2. The summed E-state index contributed by atoms with van der Waals surface area (Å²) in [6.07, 6.45) is 3.50. The number of carbonyl (C=O) groups is 1. The predicted octanol–water partition coefficient (Wildman–Crippen LogP) is 0.408. The van der Waals surface area contributed by atoms with Crippen molar-refractivity contribution in [2.24, 2.45) is 5.41 Å². The minimum atomic E-state index is -0.184. The monoisotopic (exact) mass is 368 g/mol. The van der Waals surface area contributed by atoms with Crippen molar-refractivity contribution in [3.8, 4) is 5.75 Å². The Morgan fingerprint density at radius 3 is 2.88 bits per heavy atom. The Labute approximate surface area is 172 Å². The molecule has 0 N–H and O–H groups in total. The normalized spacial score (nSPS) is 24.6. The van der Waals surface area contributed by atoms with Gasteiger partial charge in [0.05, 0.1) is 0 Å². The molecule has 2 aliphatic carbocycles. The fourth-order valence-corrected chi connectivity index (χ4v) is 4.61. The molecule has 2 aromatic carbocycles. The van der Waals surface area contributed by atoms with Gasteiger partial charge in [0.15, 0.2) is 0 Å². The van der Waals surface area contributed by atoms with Crippen LogP contribution < -0.4 is 39.0 Å². The van der Waals surface area contributed by atoms with E-state index in [1.165, 1.54) is 16.5 Å². The zero-order chi connectivity index (χ0) is 16.7. The van der Waals surface area contributed by atoms with Gasteiger partial charge >= 0.3 is 29.6 Å². The van der Waals surface area contributed by atoms with E-state index < -0.39 is 0 Å². The van der Waals surface area contributed by atoms with Gasteiger partial charge in [-0.15, -0.1) is 4.33 Å². The summed E-state index contributed by atoms with van der Waals surface area (Å²) in [7, 11) is 0. The van der Waals surface area contributed by atoms with E-state index in [1.807, 2.05) is 18.2 Å². The van der Waals surface area contributed by atoms with Crippen LogP contribution in [0, 0.1) is 5.41 Å². The van der Waals surface area contributed by atoms with Crippen molar-refractivity contribution in [1.82, 2.24) is 0 Å². The third kappa shape index (κ3) is 3.25. The van der Waals surface area contributed by atoms with E-state index in [0.29, 0.717) is 36.2 Å². The Morgan fingerprint density at radius 2 is 2.08 bits per heavy atom. The van der Waals surface area contributed by atoms with E-state index in [1.54, 1.807) is 0 Å². The molecule has 0 aromatic heterocycles. The molecule has 1 fully saturated rings. The van der Waals surface area contributed by atoms with Gasteiger partial charge in [-0.1, -0.05) is 25.1 Å². The number of hydrogen-bond donors (Lipinski definition) is 0. The second-order valence-electron chi connectivity index (χ2n) is 6.74. The average molecular weight is 368 g/mol. The number of ketones is 1. The van der Waals surface area contributed by atoms with Gasteiger partial charge < -0.3 is 9.44 Å². The largest absolute Gasteiger partial charge is 1.00 e. The Balaban J connectivity index is 0.00000182. The summed E-state index contributed by atoms with van der Waals surface area (Å²) in [5.41, 5.74) is 2.49. The van der Waals surface area contributed by atoms with Gasteiger partial charge in [0.1, 0.15) is 11.5 Å². The van der Waals surface area contributed by atoms with Crippen molar-refractivity contribution in [2.75, 3.05) is 0 Å². The number of carbonyl (C=O) groups excluding carboxylic acids is 1. The average Bonchev–Trinajstić information content (AvgIpc) is 2.90. The van der Waals surface area contributed by atoms with Crippen LogP contribution in [-0.4, -0.2) is 5.78 Å². The maximum atomic E-state index is 12.3.